The Hall–Kier alpha value is -1.27. The first kappa shape index (κ1) is 17.1. The molecular weight excluding hydrogens is 297 g/mol. The number of carbonyl (C=O) groups is 2. The van der Waals surface area contributed by atoms with Gasteiger partial charge < -0.3 is 10.2 Å². The summed E-state index contributed by atoms with van der Waals surface area (Å²) in [5, 5.41) is 2.71. The van der Waals surface area contributed by atoms with Crippen molar-refractivity contribution >= 4 is 11.8 Å². The van der Waals surface area contributed by atoms with Gasteiger partial charge in [0.1, 0.15) is 6.04 Å². The average Bonchev–Trinajstić information content (AvgIpc) is 3.05. The van der Waals surface area contributed by atoms with Crippen molar-refractivity contribution in [1.29, 1.82) is 0 Å². The fourth-order valence-corrected chi connectivity index (χ4v) is 3.53. The second-order valence-electron chi connectivity index (χ2n) is 6.71. The van der Waals surface area contributed by atoms with E-state index in [9.17, 15) is 22.8 Å². The van der Waals surface area contributed by atoms with Crippen molar-refractivity contribution in [3.8, 4) is 0 Å². The molecule has 2 fully saturated rings. The van der Waals surface area contributed by atoms with Crippen molar-refractivity contribution in [3.63, 3.8) is 0 Å². The van der Waals surface area contributed by atoms with E-state index in [0.717, 1.165) is 19.3 Å². The first-order valence-electron chi connectivity index (χ1n) is 7.88. The molecule has 1 atom stereocenters. The van der Waals surface area contributed by atoms with Gasteiger partial charge in [-0.05, 0) is 37.5 Å². The van der Waals surface area contributed by atoms with Gasteiger partial charge in [-0.15, -0.1) is 0 Å². The molecule has 22 heavy (non-hydrogen) atoms. The number of carbonyl (C=O) groups excluding carboxylic acids is 2. The van der Waals surface area contributed by atoms with Gasteiger partial charge in [-0.2, -0.15) is 13.2 Å². The monoisotopic (exact) mass is 320 g/mol. The van der Waals surface area contributed by atoms with Crippen LogP contribution in [0.4, 0.5) is 13.2 Å². The maximum atomic E-state index is 12.5. The number of nitrogens with one attached hydrogen (secondary N) is 1. The minimum atomic E-state index is -4.92. The molecule has 4 nitrogen and oxygen atoms in total. The van der Waals surface area contributed by atoms with Gasteiger partial charge in [-0.25, -0.2) is 0 Å². The van der Waals surface area contributed by atoms with Gasteiger partial charge in [-0.1, -0.05) is 19.8 Å². The summed E-state index contributed by atoms with van der Waals surface area (Å²) in [6, 6.07) is -0.981. The van der Waals surface area contributed by atoms with Crippen LogP contribution in [-0.4, -0.2) is 42.0 Å². The Morgan fingerprint density at radius 3 is 2.45 bits per heavy atom. The number of rotatable bonds is 4. The molecule has 2 amide bonds. The molecule has 1 heterocycles. The average molecular weight is 320 g/mol. The van der Waals surface area contributed by atoms with Gasteiger partial charge in [0.15, 0.2) is 0 Å². The molecule has 1 saturated carbocycles. The number of alkyl halides is 3. The number of halogens is 3. The van der Waals surface area contributed by atoms with E-state index in [1.54, 1.807) is 0 Å². The Bertz CT molecular complexity index is 431. The number of likely N-dealkylation sites (tertiary alicyclic amines) is 1. The van der Waals surface area contributed by atoms with Crippen LogP contribution < -0.4 is 5.32 Å². The Labute approximate surface area is 128 Å². The summed E-state index contributed by atoms with van der Waals surface area (Å²) < 4.78 is 37.6. The van der Waals surface area contributed by atoms with Crippen molar-refractivity contribution < 1.29 is 22.8 Å². The zero-order valence-electron chi connectivity index (χ0n) is 12.8. The summed E-state index contributed by atoms with van der Waals surface area (Å²) in [6.07, 6.45) is 1.29. The van der Waals surface area contributed by atoms with Crippen molar-refractivity contribution in [2.24, 2.45) is 5.41 Å². The molecule has 1 saturated heterocycles. The summed E-state index contributed by atoms with van der Waals surface area (Å²) in [5.41, 5.74) is 0.227. The second kappa shape index (κ2) is 6.46. The van der Waals surface area contributed by atoms with Crippen molar-refractivity contribution in [3.05, 3.63) is 0 Å². The lowest BCUT2D eigenvalue weighted by atomic mass is 9.85. The molecule has 7 heteroatoms. The van der Waals surface area contributed by atoms with Gasteiger partial charge in [0, 0.05) is 13.1 Å². The molecule has 0 aromatic carbocycles. The van der Waals surface area contributed by atoms with Gasteiger partial charge in [-0.3, -0.25) is 9.59 Å². The van der Waals surface area contributed by atoms with Gasteiger partial charge >= 0.3 is 12.1 Å². The van der Waals surface area contributed by atoms with E-state index in [-0.39, 0.29) is 12.0 Å². The van der Waals surface area contributed by atoms with E-state index < -0.39 is 24.0 Å². The van der Waals surface area contributed by atoms with E-state index in [1.807, 2.05) is 0 Å². The highest BCUT2D eigenvalue weighted by Gasteiger charge is 2.47. The minimum Gasteiger partial charge on any atom is -0.354 e. The molecule has 126 valence electrons. The fraction of sp³-hybridized carbons (Fsp3) is 0.867. The highest BCUT2D eigenvalue weighted by molar-refractivity contribution is 5.90. The second-order valence-corrected chi connectivity index (χ2v) is 6.71. The van der Waals surface area contributed by atoms with E-state index in [2.05, 4.69) is 12.2 Å². The molecule has 0 aromatic heterocycles. The molecule has 0 bridgehead atoms. The summed E-state index contributed by atoms with van der Waals surface area (Å²) in [7, 11) is 0. The first-order valence-corrected chi connectivity index (χ1v) is 7.88. The minimum absolute atomic E-state index is 0.00581. The van der Waals surface area contributed by atoms with E-state index in [0.29, 0.717) is 24.3 Å². The number of hydrogen-bond acceptors (Lipinski definition) is 2. The quantitative estimate of drug-likeness (QED) is 0.866. The van der Waals surface area contributed by atoms with Crippen molar-refractivity contribution in [2.75, 3.05) is 13.1 Å². The molecule has 1 aliphatic carbocycles. The largest absolute Gasteiger partial charge is 0.471 e. The molecular formula is C15H23F3N2O2. The van der Waals surface area contributed by atoms with Crippen LogP contribution in [0.5, 0.6) is 0 Å². The summed E-state index contributed by atoms with van der Waals surface area (Å²) in [4.78, 5) is 24.1. The van der Waals surface area contributed by atoms with Crippen LogP contribution in [0.15, 0.2) is 0 Å². The SMILES string of the molecule is CC1(CCNC(=O)C2CCCN2C(=O)C(F)(F)F)CCCC1. The number of nitrogens with zero attached hydrogens (tertiary/aromatic N) is 1. The van der Waals surface area contributed by atoms with Crippen LogP contribution in [0.25, 0.3) is 0 Å². The van der Waals surface area contributed by atoms with Gasteiger partial charge in [0.05, 0.1) is 0 Å². The van der Waals surface area contributed by atoms with E-state index >= 15 is 0 Å². The van der Waals surface area contributed by atoms with Crippen LogP contribution >= 0.6 is 0 Å². The highest BCUT2D eigenvalue weighted by Crippen LogP contribution is 2.40. The fourth-order valence-electron chi connectivity index (χ4n) is 3.53. The maximum Gasteiger partial charge on any atom is 0.471 e. The predicted molar refractivity (Wildman–Crippen MR) is 75.0 cm³/mol. The zero-order valence-corrected chi connectivity index (χ0v) is 12.8. The van der Waals surface area contributed by atoms with Crippen LogP contribution in [0.1, 0.15) is 51.9 Å². The maximum absolute atomic E-state index is 12.5. The Kier molecular flexibility index (Phi) is 5.02. The third kappa shape index (κ3) is 3.93. The molecule has 1 aliphatic heterocycles. The van der Waals surface area contributed by atoms with E-state index in [4.69, 9.17) is 0 Å². The van der Waals surface area contributed by atoms with Crippen molar-refractivity contribution in [1.82, 2.24) is 10.2 Å². The molecule has 0 aromatic rings. The molecule has 2 aliphatic rings. The number of hydrogen-bond donors (Lipinski definition) is 1. The van der Waals surface area contributed by atoms with E-state index in [1.165, 1.54) is 12.8 Å². The van der Waals surface area contributed by atoms with Crippen LogP contribution in [0.2, 0.25) is 0 Å². The summed E-state index contributed by atoms with van der Waals surface area (Å²) in [5.74, 6) is -2.37. The molecule has 0 radical (unpaired) electrons. The van der Waals surface area contributed by atoms with Gasteiger partial charge in [0.25, 0.3) is 0 Å². The smallest absolute Gasteiger partial charge is 0.354 e. The van der Waals surface area contributed by atoms with Crippen LogP contribution in [-0.2, 0) is 9.59 Å². The third-order valence-corrected chi connectivity index (χ3v) is 4.90. The molecule has 2 rings (SSSR count). The van der Waals surface area contributed by atoms with Gasteiger partial charge in [0.2, 0.25) is 5.91 Å². The lowest BCUT2D eigenvalue weighted by Gasteiger charge is -2.26. The summed E-state index contributed by atoms with van der Waals surface area (Å²) in [6.45, 7) is 2.63. The standard InChI is InChI=1S/C15H23F3N2O2/c1-14(6-2-3-7-14)8-9-19-12(21)11-5-4-10-20(11)13(22)15(16,17)18/h11H,2-10H2,1H3,(H,19,21). The summed E-state index contributed by atoms with van der Waals surface area (Å²) >= 11 is 0. The predicted octanol–water partition coefficient (Wildman–Crippen LogP) is 2.63. The highest BCUT2D eigenvalue weighted by atomic mass is 19.4. The Balaban J connectivity index is 1.84. The first-order chi connectivity index (χ1) is 10.2. The molecule has 0 spiro atoms. The van der Waals surface area contributed by atoms with Crippen LogP contribution in [0.3, 0.4) is 0 Å². The Morgan fingerprint density at radius 2 is 1.86 bits per heavy atom. The normalized spacial score (nSPS) is 24.5. The number of amides is 2. The zero-order chi connectivity index (χ0) is 16.4. The topological polar surface area (TPSA) is 49.4 Å². The lowest BCUT2D eigenvalue weighted by Crippen LogP contribution is -2.50. The molecule has 1 N–H and O–H groups in total. The third-order valence-electron chi connectivity index (χ3n) is 4.90. The van der Waals surface area contributed by atoms with Crippen LogP contribution in [0, 0.1) is 5.41 Å². The lowest BCUT2D eigenvalue weighted by molar-refractivity contribution is -0.186. The van der Waals surface area contributed by atoms with Crippen molar-refractivity contribution in [2.45, 2.75) is 64.1 Å². The molecule has 1 unspecified atom stereocenters. The Morgan fingerprint density at radius 1 is 1.23 bits per heavy atom.